The number of nitrogens with zero attached hydrogens (tertiary/aromatic N) is 1. The fourth-order valence-corrected chi connectivity index (χ4v) is 2.27. The summed E-state index contributed by atoms with van der Waals surface area (Å²) in [6, 6.07) is 3.16. The zero-order valence-electron chi connectivity index (χ0n) is 8.86. The maximum Gasteiger partial charge on any atom is 0.130 e. The molecule has 1 atom stereocenters. The van der Waals surface area contributed by atoms with Gasteiger partial charge in [0.1, 0.15) is 11.6 Å². The Balaban J connectivity index is 2.29. The van der Waals surface area contributed by atoms with Gasteiger partial charge in [0.15, 0.2) is 0 Å². The number of hydrazine groups is 1. The molecule has 0 spiro atoms. The summed E-state index contributed by atoms with van der Waals surface area (Å²) >= 11 is 1.42. The maximum atomic E-state index is 13.6. The van der Waals surface area contributed by atoms with Gasteiger partial charge in [0, 0.05) is 23.1 Å². The minimum Gasteiger partial charge on any atom is -0.271 e. The first-order valence-corrected chi connectivity index (χ1v) is 5.87. The van der Waals surface area contributed by atoms with Crippen molar-refractivity contribution in [2.24, 2.45) is 5.84 Å². The highest BCUT2D eigenvalue weighted by molar-refractivity contribution is 7.09. The molecule has 3 nitrogen and oxygen atoms in total. The van der Waals surface area contributed by atoms with Crippen LogP contribution in [0.3, 0.4) is 0 Å². The Bertz CT molecular complexity index is 467. The van der Waals surface area contributed by atoms with E-state index in [0.717, 1.165) is 4.88 Å². The standard InChI is InChI=1S/C11H11F2N3S/c12-8-2-1-3-9(13)11(8)10(16-14)4-7-5-15-6-17-7/h1-3,5-6,10,16H,4,14H2. The molecule has 17 heavy (non-hydrogen) atoms. The SMILES string of the molecule is NNC(Cc1cncs1)c1c(F)cccc1F. The van der Waals surface area contributed by atoms with Gasteiger partial charge in [-0.3, -0.25) is 16.3 Å². The second-order valence-electron chi connectivity index (χ2n) is 3.53. The highest BCUT2D eigenvalue weighted by atomic mass is 32.1. The van der Waals surface area contributed by atoms with Crippen LogP contribution < -0.4 is 11.3 Å². The molecule has 0 radical (unpaired) electrons. The zero-order valence-corrected chi connectivity index (χ0v) is 9.68. The lowest BCUT2D eigenvalue weighted by atomic mass is 10.0. The van der Waals surface area contributed by atoms with E-state index >= 15 is 0 Å². The maximum absolute atomic E-state index is 13.6. The number of halogens is 2. The number of thiazole rings is 1. The number of nitrogens with one attached hydrogen (secondary N) is 1. The van der Waals surface area contributed by atoms with Crippen molar-refractivity contribution in [3.05, 3.63) is 52.0 Å². The van der Waals surface area contributed by atoms with Gasteiger partial charge in [-0.25, -0.2) is 8.78 Å². The molecule has 6 heteroatoms. The first-order valence-electron chi connectivity index (χ1n) is 4.99. The van der Waals surface area contributed by atoms with Crippen molar-refractivity contribution in [3.8, 4) is 0 Å². The molecule has 0 aliphatic rings. The quantitative estimate of drug-likeness (QED) is 0.650. The van der Waals surface area contributed by atoms with E-state index in [1.54, 1.807) is 11.7 Å². The molecule has 0 aliphatic carbocycles. The molecule has 0 saturated heterocycles. The third-order valence-corrected chi connectivity index (χ3v) is 3.24. The fraction of sp³-hybridized carbons (Fsp3) is 0.182. The van der Waals surface area contributed by atoms with Crippen LogP contribution in [0.15, 0.2) is 29.9 Å². The number of hydrogen-bond donors (Lipinski definition) is 2. The Hall–Kier alpha value is -1.37. The number of rotatable bonds is 4. The van der Waals surface area contributed by atoms with E-state index in [-0.39, 0.29) is 5.56 Å². The second-order valence-corrected chi connectivity index (χ2v) is 4.50. The summed E-state index contributed by atoms with van der Waals surface area (Å²) in [7, 11) is 0. The normalized spacial score (nSPS) is 12.6. The lowest BCUT2D eigenvalue weighted by molar-refractivity contribution is 0.474. The molecule has 1 aromatic carbocycles. The Labute approximate surface area is 101 Å². The van der Waals surface area contributed by atoms with Gasteiger partial charge in [-0.15, -0.1) is 11.3 Å². The van der Waals surface area contributed by atoms with Crippen LogP contribution in [0.1, 0.15) is 16.5 Å². The van der Waals surface area contributed by atoms with Gasteiger partial charge >= 0.3 is 0 Å². The Morgan fingerprint density at radius 1 is 1.35 bits per heavy atom. The van der Waals surface area contributed by atoms with Gasteiger partial charge in [-0.2, -0.15) is 0 Å². The van der Waals surface area contributed by atoms with Crippen molar-refractivity contribution in [3.63, 3.8) is 0 Å². The number of nitrogens with two attached hydrogens (primary N) is 1. The van der Waals surface area contributed by atoms with Gasteiger partial charge < -0.3 is 0 Å². The molecule has 1 heterocycles. The third-order valence-electron chi connectivity index (χ3n) is 2.44. The van der Waals surface area contributed by atoms with Crippen molar-refractivity contribution in [1.82, 2.24) is 10.4 Å². The lowest BCUT2D eigenvalue weighted by Gasteiger charge is -2.16. The van der Waals surface area contributed by atoms with Gasteiger partial charge in [0.2, 0.25) is 0 Å². The van der Waals surface area contributed by atoms with Crippen molar-refractivity contribution >= 4 is 11.3 Å². The predicted molar refractivity (Wildman–Crippen MR) is 62.2 cm³/mol. The molecular formula is C11H11F2N3S. The fourth-order valence-electron chi connectivity index (χ4n) is 1.63. The molecule has 0 fully saturated rings. The summed E-state index contributed by atoms with van der Waals surface area (Å²) < 4.78 is 27.1. The molecule has 0 amide bonds. The molecule has 0 saturated carbocycles. The Kier molecular flexibility index (Phi) is 3.78. The predicted octanol–water partition coefficient (Wildman–Crippen LogP) is 2.17. The van der Waals surface area contributed by atoms with Crippen molar-refractivity contribution < 1.29 is 8.78 Å². The number of aromatic nitrogens is 1. The summed E-state index contributed by atoms with van der Waals surface area (Å²) in [6.07, 6.45) is 2.06. The van der Waals surface area contributed by atoms with E-state index in [4.69, 9.17) is 5.84 Å². The molecule has 1 unspecified atom stereocenters. The van der Waals surface area contributed by atoms with Gasteiger partial charge in [-0.05, 0) is 12.1 Å². The highest BCUT2D eigenvalue weighted by Crippen LogP contribution is 2.24. The van der Waals surface area contributed by atoms with Crippen LogP contribution >= 0.6 is 11.3 Å². The van der Waals surface area contributed by atoms with Crippen LogP contribution in [0.4, 0.5) is 8.78 Å². The van der Waals surface area contributed by atoms with Crippen LogP contribution in [0.5, 0.6) is 0 Å². The van der Waals surface area contributed by atoms with Crippen molar-refractivity contribution in [2.45, 2.75) is 12.5 Å². The van der Waals surface area contributed by atoms with Crippen LogP contribution in [-0.2, 0) is 6.42 Å². The summed E-state index contributed by atoms with van der Waals surface area (Å²) in [5.74, 6) is 4.16. The van der Waals surface area contributed by atoms with Crippen molar-refractivity contribution in [2.75, 3.05) is 0 Å². The van der Waals surface area contributed by atoms with E-state index in [9.17, 15) is 8.78 Å². The summed E-state index contributed by atoms with van der Waals surface area (Å²) in [6.45, 7) is 0. The minimum atomic E-state index is -0.600. The van der Waals surface area contributed by atoms with Gasteiger partial charge in [-0.1, -0.05) is 6.07 Å². The Morgan fingerprint density at radius 3 is 2.59 bits per heavy atom. The minimum absolute atomic E-state index is 0.0385. The van der Waals surface area contributed by atoms with Gasteiger partial charge in [0.25, 0.3) is 0 Å². The zero-order chi connectivity index (χ0) is 12.3. The van der Waals surface area contributed by atoms with Crippen LogP contribution in [0, 0.1) is 11.6 Å². The summed E-state index contributed by atoms with van der Waals surface area (Å²) in [5, 5.41) is 0. The number of benzene rings is 1. The average molecular weight is 255 g/mol. The van der Waals surface area contributed by atoms with E-state index in [1.165, 1.54) is 29.5 Å². The summed E-state index contributed by atoms with van der Waals surface area (Å²) in [4.78, 5) is 4.82. The monoisotopic (exact) mass is 255 g/mol. The van der Waals surface area contributed by atoms with Crippen LogP contribution in [0.25, 0.3) is 0 Å². The average Bonchev–Trinajstić information content (AvgIpc) is 2.80. The smallest absolute Gasteiger partial charge is 0.130 e. The number of hydrogen-bond acceptors (Lipinski definition) is 4. The molecule has 0 aliphatic heterocycles. The highest BCUT2D eigenvalue weighted by Gasteiger charge is 2.19. The molecule has 2 aromatic rings. The second kappa shape index (κ2) is 5.31. The van der Waals surface area contributed by atoms with Crippen LogP contribution in [-0.4, -0.2) is 4.98 Å². The first kappa shape index (κ1) is 12.1. The van der Waals surface area contributed by atoms with Crippen LogP contribution in [0.2, 0.25) is 0 Å². The third kappa shape index (κ3) is 2.66. The van der Waals surface area contributed by atoms with E-state index < -0.39 is 17.7 Å². The molecule has 0 bridgehead atoms. The van der Waals surface area contributed by atoms with Gasteiger partial charge in [0.05, 0.1) is 11.6 Å². The molecule has 90 valence electrons. The lowest BCUT2D eigenvalue weighted by Crippen LogP contribution is -2.30. The molecule has 2 rings (SSSR count). The topological polar surface area (TPSA) is 50.9 Å². The molecular weight excluding hydrogens is 244 g/mol. The van der Waals surface area contributed by atoms with E-state index in [2.05, 4.69) is 10.4 Å². The van der Waals surface area contributed by atoms with Crippen molar-refractivity contribution in [1.29, 1.82) is 0 Å². The first-order chi connectivity index (χ1) is 8.22. The molecule has 1 aromatic heterocycles. The Morgan fingerprint density at radius 2 is 2.06 bits per heavy atom. The van der Waals surface area contributed by atoms with E-state index in [0.29, 0.717) is 6.42 Å². The van der Waals surface area contributed by atoms with E-state index in [1.807, 2.05) is 0 Å². The summed E-state index contributed by atoms with van der Waals surface area (Å²) in [5.41, 5.74) is 4.07. The largest absolute Gasteiger partial charge is 0.271 e. The molecule has 3 N–H and O–H groups in total.